The SMILES string of the molecule is CCC(=O)NC(S)C(=O)N1CC(C)CC1C(=O)NCc1ccc(/C(C)=C(\C)[N+](C)=C(C)C)cc1. The Labute approximate surface area is 209 Å². The van der Waals surface area contributed by atoms with Crippen molar-refractivity contribution in [2.75, 3.05) is 13.6 Å². The van der Waals surface area contributed by atoms with Crippen LogP contribution in [0.4, 0.5) is 0 Å². The van der Waals surface area contributed by atoms with E-state index in [0.29, 0.717) is 19.5 Å². The van der Waals surface area contributed by atoms with Gasteiger partial charge in [-0.15, -0.1) is 12.6 Å². The van der Waals surface area contributed by atoms with E-state index in [1.165, 1.54) is 21.9 Å². The molecule has 7 nitrogen and oxygen atoms in total. The normalized spacial score (nSPS) is 19.2. The van der Waals surface area contributed by atoms with Crippen molar-refractivity contribution in [3.8, 4) is 0 Å². The van der Waals surface area contributed by atoms with Crippen LogP contribution < -0.4 is 10.6 Å². The number of allylic oxidation sites excluding steroid dienone is 2. The molecule has 0 saturated carbocycles. The molecule has 3 atom stereocenters. The third-order valence-corrected chi connectivity index (χ3v) is 6.87. The first-order valence-corrected chi connectivity index (χ1v) is 12.3. The van der Waals surface area contributed by atoms with E-state index >= 15 is 0 Å². The molecule has 1 aliphatic rings. The van der Waals surface area contributed by atoms with Gasteiger partial charge in [-0.25, -0.2) is 4.58 Å². The Morgan fingerprint density at radius 3 is 2.32 bits per heavy atom. The summed E-state index contributed by atoms with van der Waals surface area (Å²) in [6, 6.07) is 7.59. The average Bonchev–Trinajstić information content (AvgIpc) is 3.22. The van der Waals surface area contributed by atoms with Gasteiger partial charge in [0.25, 0.3) is 5.91 Å². The van der Waals surface area contributed by atoms with Crippen molar-refractivity contribution < 1.29 is 19.0 Å². The highest BCUT2D eigenvalue weighted by Crippen LogP contribution is 2.25. The third-order valence-electron chi connectivity index (χ3n) is 6.52. The van der Waals surface area contributed by atoms with Crippen LogP contribution in [0.15, 0.2) is 30.0 Å². The fraction of sp³-hybridized carbons (Fsp3) is 0.538. The van der Waals surface area contributed by atoms with Gasteiger partial charge in [0, 0.05) is 45.9 Å². The van der Waals surface area contributed by atoms with Crippen molar-refractivity contribution >= 4 is 41.6 Å². The molecule has 1 aromatic carbocycles. The van der Waals surface area contributed by atoms with Gasteiger partial charge >= 0.3 is 0 Å². The van der Waals surface area contributed by atoms with E-state index < -0.39 is 11.4 Å². The van der Waals surface area contributed by atoms with E-state index in [1.807, 2.05) is 19.1 Å². The Morgan fingerprint density at radius 2 is 1.76 bits per heavy atom. The predicted octanol–water partition coefficient (Wildman–Crippen LogP) is 3.20. The van der Waals surface area contributed by atoms with Crippen molar-refractivity contribution in [3.63, 3.8) is 0 Å². The number of rotatable bonds is 8. The highest BCUT2D eigenvalue weighted by atomic mass is 32.1. The van der Waals surface area contributed by atoms with Gasteiger partial charge in [0.15, 0.2) is 16.8 Å². The summed E-state index contributed by atoms with van der Waals surface area (Å²) in [6.45, 7) is 13.0. The zero-order valence-corrected chi connectivity index (χ0v) is 22.3. The Kier molecular flexibility index (Phi) is 9.91. The van der Waals surface area contributed by atoms with Crippen LogP contribution in [0, 0.1) is 5.92 Å². The molecule has 0 radical (unpaired) electrons. The molecule has 2 N–H and O–H groups in total. The number of amides is 3. The van der Waals surface area contributed by atoms with Crippen LogP contribution >= 0.6 is 12.6 Å². The number of carbonyl (C=O) groups excluding carboxylic acids is 3. The second-order valence-corrected chi connectivity index (χ2v) is 9.82. The first-order chi connectivity index (χ1) is 16.0. The lowest BCUT2D eigenvalue weighted by atomic mass is 10.0. The van der Waals surface area contributed by atoms with Gasteiger partial charge in [-0.05, 0) is 30.4 Å². The van der Waals surface area contributed by atoms with E-state index in [2.05, 4.69) is 74.7 Å². The van der Waals surface area contributed by atoms with Gasteiger partial charge in [0.2, 0.25) is 11.8 Å². The van der Waals surface area contributed by atoms with Crippen molar-refractivity contribution in [2.24, 2.45) is 5.92 Å². The lowest BCUT2D eigenvalue weighted by Crippen LogP contribution is -2.51. The van der Waals surface area contributed by atoms with Crippen molar-refractivity contribution in [1.82, 2.24) is 15.5 Å². The minimum absolute atomic E-state index is 0.188. The van der Waals surface area contributed by atoms with E-state index in [4.69, 9.17) is 0 Å². The van der Waals surface area contributed by atoms with Crippen LogP contribution in [-0.4, -0.2) is 57.9 Å². The molecule has 1 heterocycles. The van der Waals surface area contributed by atoms with Gasteiger partial charge in [-0.3, -0.25) is 14.4 Å². The Bertz CT molecular complexity index is 980. The fourth-order valence-electron chi connectivity index (χ4n) is 3.99. The number of nitrogens with one attached hydrogen (secondary N) is 2. The van der Waals surface area contributed by atoms with Gasteiger partial charge < -0.3 is 15.5 Å². The molecule has 1 aromatic rings. The van der Waals surface area contributed by atoms with Crippen LogP contribution in [0.5, 0.6) is 0 Å². The fourth-order valence-corrected chi connectivity index (χ4v) is 4.28. The van der Waals surface area contributed by atoms with Gasteiger partial charge in [-0.2, -0.15) is 0 Å². The molecule has 0 aliphatic carbocycles. The number of thiol groups is 1. The van der Waals surface area contributed by atoms with Crippen molar-refractivity contribution in [3.05, 3.63) is 41.1 Å². The maximum absolute atomic E-state index is 13.0. The largest absolute Gasteiger partial charge is 0.350 e. The molecular weight excluding hydrogens is 448 g/mol. The number of carbonyl (C=O) groups is 3. The minimum Gasteiger partial charge on any atom is -0.350 e. The molecular formula is C26H39N4O3S+. The van der Waals surface area contributed by atoms with E-state index in [9.17, 15) is 14.4 Å². The quantitative estimate of drug-likeness (QED) is 0.228. The standard InChI is InChI=1S/C26H38N4O3S/c1-8-23(31)28-25(34)26(33)30-15-17(4)13-22(30)24(32)27-14-20-9-11-21(12-10-20)18(5)19(6)29(7)16(2)3/h9-12,17,22,25H,8,13-15H2,1-7H3,(H2-,27,28,31,32,34)/p+1/b19-18+. The highest BCUT2D eigenvalue weighted by molar-refractivity contribution is 7.81. The maximum atomic E-state index is 13.0. The molecule has 34 heavy (non-hydrogen) atoms. The molecule has 186 valence electrons. The van der Waals surface area contributed by atoms with Gasteiger partial charge in [0.1, 0.15) is 13.1 Å². The second kappa shape index (κ2) is 12.2. The maximum Gasteiger partial charge on any atom is 0.256 e. The van der Waals surface area contributed by atoms with E-state index in [-0.39, 0.29) is 30.1 Å². The Balaban J connectivity index is 2.04. The zero-order valence-electron chi connectivity index (χ0n) is 21.4. The van der Waals surface area contributed by atoms with E-state index in [1.54, 1.807) is 6.92 Å². The summed E-state index contributed by atoms with van der Waals surface area (Å²) in [7, 11) is 2.06. The average molecular weight is 488 g/mol. The topological polar surface area (TPSA) is 81.5 Å². The molecule has 1 aliphatic heterocycles. The summed E-state index contributed by atoms with van der Waals surface area (Å²) >= 11 is 4.24. The van der Waals surface area contributed by atoms with Crippen LogP contribution in [0.25, 0.3) is 5.57 Å². The molecule has 8 heteroatoms. The zero-order chi connectivity index (χ0) is 25.6. The highest BCUT2D eigenvalue weighted by Gasteiger charge is 2.39. The first-order valence-electron chi connectivity index (χ1n) is 11.8. The van der Waals surface area contributed by atoms with Crippen LogP contribution in [0.2, 0.25) is 0 Å². The Morgan fingerprint density at radius 1 is 1.15 bits per heavy atom. The van der Waals surface area contributed by atoms with E-state index in [0.717, 1.165) is 11.1 Å². The molecule has 0 aromatic heterocycles. The van der Waals surface area contributed by atoms with Crippen molar-refractivity contribution in [2.45, 2.75) is 72.3 Å². The molecule has 0 bridgehead atoms. The molecule has 1 saturated heterocycles. The summed E-state index contributed by atoms with van der Waals surface area (Å²) in [5.41, 5.74) is 5.74. The summed E-state index contributed by atoms with van der Waals surface area (Å²) in [6.07, 6.45) is 0.856. The van der Waals surface area contributed by atoms with Crippen LogP contribution in [-0.2, 0) is 20.9 Å². The number of likely N-dealkylation sites (tertiary alicyclic amines) is 1. The number of hydrogen-bond acceptors (Lipinski definition) is 4. The molecule has 2 rings (SSSR count). The lowest BCUT2D eigenvalue weighted by molar-refractivity contribution is -0.443. The predicted molar refractivity (Wildman–Crippen MR) is 140 cm³/mol. The molecule has 3 unspecified atom stereocenters. The van der Waals surface area contributed by atoms with Crippen LogP contribution in [0.1, 0.15) is 65.5 Å². The minimum atomic E-state index is -0.950. The van der Waals surface area contributed by atoms with Gasteiger partial charge in [0.05, 0.1) is 0 Å². The number of nitrogens with zero attached hydrogens (tertiary/aromatic N) is 2. The molecule has 0 spiro atoms. The number of benzene rings is 1. The van der Waals surface area contributed by atoms with Gasteiger partial charge in [-0.1, -0.05) is 38.1 Å². The monoisotopic (exact) mass is 487 g/mol. The number of hydrogen-bond donors (Lipinski definition) is 3. The summed E-state index contributed by atoms with van der Waals surface area (Å²) < 4.78 is 2.17. The first kappa shape index (κ1) is 27.6. The molecule has 3 amide bonds. The molecule has 1 fully saturated rings. The smallest absolute Gasteiger partial charge is 0.256 e. The third kappa shape index (κ3) is 6.95. The summed E-state index contributed by atoms with van der Waals surface area (Å²) in [4.78, 5) is 38.9. The lowest BCUT2D eigenvalue weighted by Gasteiger charge is -2.26. The Hall–Kier alpha value is -2.61. The van der Waals surface area contributed by atoms with Crippen LogP contribution in [0.3, 0.4) is 0 Å². The van der Waals surface area contributed by atoms with Crippen molar-refractivity contribution in [1.29, 1.82) is 0 Å². The second-order valence-electron chi connectivity index (χ2n) is 9.30. The summed E-state index contributed by atoms with van der Waals surface area (Å²) in [5, 5.41) is 4.59. The summed E-state index contributed by atoms with van der Waals surface area (Å²) in [5.74, 6) is -0.589.